The van der Waals surface area contributed by atoms with Crippen molar-refractivity contribution in [2.45, 2.75) is 45.5 Å². The van der Waals surface area contributed by atoms with Crippen LogP contribution in [0.15, 0.2) is 79.0 Å². The second kappa shape index (κ2) is 11.5. The molecule has 4 rings (SSSR count). The molecule has 3 amide bonds. The van der Waals surface area contributed by atoms with Gasteiger partial charge in [0.2, 0.25) is 11.8 Å². The number of aromatic nitrogens is 1. The number of carbonyl (C=O) groups excluding carboxylic acids is 3. The van der Waals surface area contributed by atoms with Gasteiger partial charge >= 0.3 is 6.09 Å². The summed E-state index contributed by atoms with van der Waals surface area (Å²) in [6, 6.07) is 21.1. The quantitative estimate of drug-likeness (QED) is 0.466. The van der Waals surface area contributed by atoms with Crippen molar-refractivity contribution in [3.8, 4) is 0 Å². The fourth-order valence-electron chi connectivity index (χ4n) is 4.11. The van der Waals surface area contributed by atoms with Gasteiger partial charge in [-0.2, -0.15) is 0 Å². The first-order valence-corrected chi connectivity index (χ1v) is 12.0. The van der Waals surface area contributed by atoms with Gasteiger partial charge in [0.05, 0.1) is 18.8 Å². The molecule has 1 fully saturated rings. The van der Waals surface area contributed by atoms with Crippen LogP contribution in [0.5, 0.6) is 0 Å². The predicted molar refractivity (Wildman–Crippen MR) is 136 cm³/mol. The van der Waals surface area contributed by atoms with Crippen molar-refractivity contribution in [2.24, 2.45) is 5.92 Å². The molecule has 186 valence electrons. The van der Waals surface area contributed by atoms with Crippen LogP contribution in [0.25, 0.3) is 0 Å². The van der Waals surface area contributed by atoms with Crippen molar-refractivity contribution in [1.29, 1.82) is 0 Å². The van der Waals surface area contributed by atoms with Gasteiger partial charge in [0, 0.05) is 18.3 Å². The summed E-state index contributed by atoms with van der Waals surface area (Å²) in [6.45, 7) is 4.44. The van der Waals surface area contributed by atoms with E-state index in [1.54, 1.807) is 36.5 Å². The number of anilines is 1. The molecule has 36 heavy (non-hydrogen) atoms. The first kappa shape index (κ1) is 24.9. The summed E-state index contributed by atoms with van der Waals surface area (Å²) in [6.07, 6.45) is 0.728. The molecular formula is C28H30N4O4. The zero-order valence-corrected chi connectivity index (χ0v) is 20.4. The van der Waals surface area contributed by atoms with E-state index in [4.69, 9.17) is 4.74 Å². The van der Waals surface area contributed by atoms with E-state index in [0.717, 1.165) is 5.56 Å². The molecule has 2 heterocycles. The van der Waals surface area contributed by atoms with Gasteiger partial charge in [-0.15, -0.1) is 0 Å². The third-order valence-corrected chi connectivity index (χ3v) is 5.84. The van der Waals surface area contributed by atoms with Crippen molar-refractivity contribution in [2.75, 3.05) is 5.32 Å². The Hall–Kier alpha value is -4.20. The number of hydrogen-bond acceptors (Lipinski definition) is 5. The van der Waals surface area contributed by atoms with E-state index >= 15 is 0 Å². The third-order valence-electron chi connectivity index (χ3n) is 5.84. The highest BCUT2D eigenvalue weighted by atomic mass is 16.6. The lowest BCUT2D eigenvalue weighted by Crippen LogP contribution is -2.46. The third kappa shape index (κ3) is 6.27. The molecule has 2 unspecified atom stereocenters. The number of amides is 3. The Morgan fingerprint density at radius 2 is 1.72 bits per heavy atom. The van der Waals surface area contributed by atoms with Gasteiger partial charge in [0.25, 0.3) is 0 Å². The van der Waals surface area contributed by atoms with Crippen LogP contribution in [0, 0.1) is 5.92 Å². The number of benzene rings is 2. The van der Waals surface area contributed by atoms with Gasteiger partial charge in [0.1, 0.15) is 0 Å². The lowest BCUT2D eigenvalue weighted by Gasteiger charge is -2.24. The zero-order valence-electron chi connectivity index (χ0n) is 20.4. The molecule has 0 bridgehead atoms. The maximum absolute atomic E-state index is 13.4. The Morgan fingerprint density at radius 1 is 1.00 bits per heavy atom. The largest absolute Gasteiger partial charge is 0.438 e. The number of pyridine rings is 1. The van der Waals surface area contributed by atoms with Crippen LogP contribution in [0.2, 0.25) is 0 Å². The summed E-state index contributed by atoms with van der Waals surface area (Å²) in [5, 5.41) is 5.77. The van der Waals surface area contributed by atoms with Crippen LogP contribution in [0.1, 0.15) is 43.2 Å². The minimum absolute atomic E-state index is 0.0640. The summed E-state index contributed by atoms with van der Waals surface area (Å²) >= 11 is 0. The van der Waals surface area contributed by atoms with E-state index < -0.39 is 18.2 Å². The number of nitrogens with one attached hydrogen (secondary N) is 2. The molecule has 0 aliphatic carbocycles. The maximum Gasteiger partial charge on any atom is 0.411 e. The number of cyclic esters (lactones) is 1. The minimum Gasteiger partial charge on any atom is -0.438 e. The topological polar surface area (TPSA) is 101 Å². The predicted octanol–water partition coefficient (Wildman–Crippen LogP) is 4.44. The highest BCUT2D eigenvalue weighted by Gasteiger charge is 2.46. The maximum atomic E-state index is 13.4. The van der Waals surface area contributed by atoms with E-state index in [1.165, 1.54) is 4.90 Å². The Morgan fingerprint density at radius 3 is 2.39 bits per heavy atom. The monoisotopic (exact) mass is 486 g/mol. The molecule has 8 nitrogen and oxygen atoms in total. The van der Waals surface area contributed by atoms with Crippen LogP contribution < -0.4 is 10.6 Å². The Balaban J connectivity index is 1.54. The Kier molecular flexibility index (Phi) is 7.95. The number of hydrogen-bond donors (Lipinski definition) is 2. The first-order chi connectivity index (χ1) is 17.4. The number of ether oxygens (including phenoxy) is 1. The summed E-state index contributed by atoms with van der Waals surface area (Å²) < 4.78 is 5.71. The summed E-state index contributed by atoms with van der Waals surface area (Å²) in [7, 11) is 0. The standard InChI is InChI=1S/C28H30N4O4/c1-19(2)16-24(33)31-22-13-11-21(12-14-22)26-25(27(34)30-17-23-10-6-7-15-29-23)32(28(35)36-26)18-20-8-4-3-5-9-20/h3-15,19,25-26H,16-18H2,1-2H3,(H,30,34)(H,31,33). The van der Waals surface area contributed by atoms with Crippen LogP contribution in [0.3, 0.4) is 0 Å². The van der Waals surface area contributed by atoms with Gasteiger partial charge in [-0.3, -0.25) is 19.5 Å². The van der Waals surface area contributed by atoms with Crippen LogP contribution in [-0.4, -0.2) is 33.8 Å². The molecular weight excluding hydrogens is 456 g/mol. The van der Waals surface area contributed by atoms with Gasteiger partial charge in [0.15, 0.2) is 12.1 Å². The van der Waals surface area contributed by atoms with Gasteiger partial charge < -0.3 is 15.4 Å². The van der Waals surface area contributed by atoms with Crippen molar-refractivity contribution in [3.63, 3.8) is 0 Å². The van der Waals surface area contributed by atoms with Crippen LogP contribution >= 0.6 is 0 Å². The van der Waals surface area contributed by atoms with Crippen molar-refractivity contribution < 1.29 is 19.1 Å². The molecule has 2 N–H and O–H groups in total. The Bertz CT molecular complexity index is 1180. The molecule has 1 aliphatic heterocycles. The minimum atomic E-state index is -0.872. The average Bonchev–Trinajstić information content (AvgIpc) is 3.19. The molecule has 1 saturated heterocycles. The molecule has 8 heteroatoms. The van der Waals surface area contributed by atoms with Gasteiger partial charge in [-0.25, -0.2) is 4.79 Å². The summed E-state index contributed by atoms with van der Waals surface area (Å²) in [4.78, 5) is 44.1. The molecule has 0 radical (unpaired) electrons. The highest BCUT2D eigenvalue weighted by molar-refractivity contribution is 5.91. The average molecular weight is 487 g/mol. The second-order valence-corrected chi connectivity index (χ2v) is 9.17. The number of rotatable bonds is 9. The lowest BCUT2D eigenvalue weighted by atomic mass is 10.00. The van der Waals surface area contributed by atoms with Crippen molar-refractivity contribution in [3.05, 3.63) is 95.8 Å². The van der Waals surface area contributed by atoms with E-state index in [0.29, 0.717) is 23.4 Å². The van der Waals surface area contributed by atoms with Crippen molar-refractivity contribution >= 4 is 23.6 Å². The normalized spacial score (nSPS) is 17.1. The number of nitrogens with zero attached hydrogens (tertiary/aromatic N) is 2. The first-order valence-electron chi connectivity index (χ1n) is 12.0. The Labute approximate surface area is 210 Å². The van der Waals surface area contributed by atoms with E-state index in [1.807, 2.05) is 56.3 Å². The smallest absolute Gasteiger partial charge is 0.411 e. The lowest BCUT2D eigenvalue weighted by molar-refractivity contribution is -0.126. The van der Waals surface area contributed by atoms with E-state index in [9.17, 15) is 14.4 Å². The molecule has 2 atom stereocenters. The number of carbonyl (C=O) groups is 3. The van der Waals surface area contributed by atoms with E-state index in [-0.39, 0.29) is 30.8 Å². The highest BCUT2D eigenvalue weighted by Crippen LogP contribution is 2.34. The van der Waals surface area contributed by atoms with Crippen LogP contribution in [0.4, 0.5) is 10.5 Å². The van der Waals surface area contributed by atoms with Gasteiger partial charge in [-0.05, 0) is 41.3 Å². The summed E-state index contributed by atoms with van der Waals surface area (Å²) in [5.74, 6) is -0.143. The molecule has 1 aliphatic rings. The molecule has 2 aromatic carbocycles. The van der Waals surface area contributed by atoms with Crippen molar-refractivity contribution in [1.82, 2.24) is 15.2 Å². The fourth-order valence-corrected chi connectivity index (χ4v) is 4.11. The second-order valence-electron chi connectivity index (χ2n) is 9.17. The molecule has 1 aromatic heterocycles. The van der Waals surface area contributed by atoms with Gasteiger partial charge in [-0.1, -0.05) is 62.4 Å². The molecule has 3 aromatic rings. The molecule has 0 saturated carbocycles. The fraction of sp³-hybridized carbons (Fsp3) is 0.286. The zero-order chi connectivity index (χ0) is 25.5. The molecule has 0 spiro atoms. The van der Waals surface area contributed by atoms with Crippen LogP contribution in [-0.2, 0) is 27.4 Å². The summed E-state index contributed by atoms with van der Waals surface area (Å²) in [5.41, 5.74) is 2.91. The SMILES string of the molecule is CC(C)CC(=O)Nc1ccc(C2OC(=O)N(Cc3ccccc3)C2C(=O)NCc2ccccn2)cc1. The van der Waals surface area contributed by atoms with E-state index in [2.05, 4.69) is 15.6 Å².